The van der Waals surface area contributed by atoms with E-state index < -0.39 is 23.9 Å². The van der Waals surface area contributed by atoms with Crippen molar-refractivity contribution in [3.05, 3.63) is 0 Å². The number of aldehydes is 1. The van der Waals surface area contributed by atoms with Gasteiger partial charge in [0.2, 0.25) is 5.06 Å². The number of carbonyl (C=O) groups excluding carboxylic acids is 1. The summed E-state index contributed by atoms with van der Waals surface area (Å²) in [5.41, 5.74) is 0. The van der Waals surface area contributed by atoms with E-state index in [4.69, 9.17) is 32.0 Å². The Hall–Kier alpha value is -0.200. The fourth-order valence-corrected chi connectivity index (χ4v) is 0.585. The van der Waals surface area contributed by atoms with E-state index in [1.807, 2.05) is 0 Å². The molecule has 3 atom stereocenters. The maximum Gasteiger partial charge on any atom is 0.223 e. The van der Waals surface area contributed by atoms with Gasteiger partial charge in [0.1, 0.15) is 12.2 Å². The third-order valence-electron chi connectivity index (χ3n) is 1.13. The molecule has 5 nitrogen and oxygen atoms in total. The third kappa shape index (κ3) is 2.72. The highest BCUT2D eigenvalue weighted by atomic mass is 35.5. The van der Waals surface area contributed by atoms with Crippen LogP contribution in [0.15, 0.2) is 0 Å². The van der Waals surface area contributed by atoms with Gasteiger partial charge in [0, 0.05) is 0 Å². The van der Waals surface area contributed by atoms with E-state index in [9.17, 15) is 4.79 Å². The van der Waals surface area contributed by atoms with Gasteiger partial charge in [0.05, 0.1) is 6.61 Å². The van der Waals surface area contributed by atoms with Crippen LogP contribution in [-0.4, -0.2) is 50.6 Å². The second-order valence-corrected chi connectivity index (χ2v) is 2.65. The number of aliphatic hydroxyl groups is 4. The summed E-state index contributed by atoms with van der Waals surface area (Å²) in [6.07, 6.45) is -3.66. The van der Waals surface area contributed by atoms with Gasteiger partial charge in [-0.1, -0.05) is 11.6 Å². The molecule has 0 heterocycles. The van der Waals surface area contributed by atoms with Gasteiger partial charge in [-0.15, -0.1) is 0 Å². The van der Waals surface area contributed by atoms with Crippen molar-refractivity contribution in [3.63, 3.8) is 0 Å². The molecule has 0 rings (SSSR count). The lowest BCUT2D eigenvalue weighted by atomic mass is 10.1. The summed E-state index contributed by atoms with van der Waals surface area (Å²) in [4.78, 5) is 9.95. The molecule has 66 valence electrons. The van der Waals surface area contributed by atoms with Crippen LogP contribution < -0.4 is 0 Å². The molecule has 3 unspecified atom stereocenters. The minimum absolute atomic E-state index is 0.127. The quantitative estimate of drug-likeness (QED) is 0.294. The van der Waals surface area contributed by atoms with Crippen LogP contribution in [0.4, 0.5) is 0 Å². The third-order valence-corrected chi connectivity index (χ3v) is 1.44. The number of hydrogen-bond acceptors (Lipinski definition) is 5. The van der Waals surface area contributed by atoms with Crippen LogP contribution in [-0.2, 0) is 4.79 Å². The lowest BCUT2D eigenvalue weighted by molar-refractivity contribution is -0.135. The van der Waals surface area contributed by atoms with E-state index in [1.54, 1.807) is 0 Å². The van der Waals surface area contributed by atoms with Crippen LogP contribution in [0.2, 0.25) is 0 Å². The lowest BCUT2D eigenvalue weighted by Gasteiger charge is -2.23. The highest BCUT2D eigenvalue weighted by molar-refractivity contribution is 6.30. The average molecular weight is 185 g/mol. The second-order valence-electron chi connectivity index (χ2n) is 2.04. The van der Waals surface area contributed by atoms with Crippen LogP contribution in [0, 0.1) is 0 Å². The van der Waals surface area contributed by atoms with E-state index in [1.165, 1.54) is 0 Å². The summed E-state index contributed by atoms with van der Waals surface area (Å²) in [5, 5.41) is 32.0. The van der Waals surface area contributed by atoms with Gasteiger partial charge in [-0.2, -0.15) is 0 Å². The van der Waals surface area contributed by atoms with Crippen molar-refractivity contribution in [1.29, 1.82) is 0 Å². The Kier molecular flexibility index (Phi) is 3.91. The molecule has 0 amide bonds. The first-order chi connectivity index (χ1) is 4.95. The Morgan fingerprint density at radius 2 is 2.00 bits per heavy atom. The zero-order valence-corrected chi connectivity index (χ0v) is 6.27. The predicted molar refractivity (Wildman–Crippen MR) is 36.0 cm³/mol. The molecule has 0 aromatic heterocycles. The van der Waals surface area contributed by atoms with Crippen LogP contribution in [0.5, 0.6) is 0 Å². The maximum atomic E-state index is 9.95. The number of hydrogen-bond donors (Lipinski definition) is 4. The Labute approximate surface area is 67.8 Å². The lowest BCUT2D eigenvalue weighted by Crippen LogP contribution is -2.47. The summed E-state index contributed by atoms with van der Waals surface area (Å²) < 4.78 is 0. The number of rotatable bonds is 4. The van der Waals surface area contributed by atoms with Gasteiger partial charge in [0.25, 0.3) is 0 Å². The van der Waals surface area contributed by atoms with Gasteiger partial charge < -0.3 is 20.4 Å². The SMILES string of the molecule is O=CC(O)(Cl)C(O)C(O)CO. The van der Waals surface area contributed by atoms with E-state index in [-0.39, 0.29) is 6.29 Å². The molecule has 4 N–H and O–H groups in total. The minimum Gasteiger partial charge on any atom is -0.394 e. The number of halogens is 1. The van der Waals surface area contributed by atoms with Gasteiger partial charge in [-0.05, 0) is 0 Å². The monoisotopic (exact) mass is 184 g/mol. The normalized spacial score (nSPS) is 21.9. The molecule has 0 aromatic rings. The summed E-state index contributed by atoms with van der Waals surface area (Å²) in [5.74, 6) is 0. The van der Waals surface area contributed by atoms with Crippen molar-refractivity contribution < 1.29 is 25.2 Å². The van der Waals surface area contributed by atoms with E-state index in [0.29, 0.717) is 0 Å². The fraction of sp³-hybridized carbons (Fsp3) is 0.800. The molecule has 0 fully saturated rings. The van der Waals surface area contributed by atoms with Gasteiger partial charge in [-0.25, -0.2) is 0 Å². The zero-order chi connectivity index (χ0) is 9.07. The summed E-state index contributed by atoms with van der Waals surface area (Å²) in [6, 6.07) is 0. The molecule has 0 aliphatic heterocycles. The molecule has 0 aliphatic rings. The average Bonchev–Trinajstić information content (AvgIpc) is 2.01. The van der Waals surface area contributed by atoms with Gasteiger partial charge >= 0.3 is 0 Å². The minimum atomic E-state index is -2.54. The first kappa shape index (κ1) is 10.8. The topological polar surface area (TPSA) is 98.0 Å². The van der Waals surface area contributed by atoms with E-state index in [0.717, 1.165) is 0 Å². The summed E-state index contributed by atoms with van der Waals surface area (Å²) >= 11 is 5.01. The van der Waals surface area contributed by atoms with Crippen molar-refractivity contribution in [2.24, 2.45) is 0 Å². The standard InChI is InChI=1S/C5H9ClO5/c6-5(11,2-8)4(10)3(9)1-7/h2-4,7,9-11H,1H2. The summed E-state index contributed by atoms with van der Waals surface area (Å²) in [6.45, 7) is -0.788. The smallest absolute Gasteiger partial charge is 0.223 e. The molecule has 0 bridgehead atoms. The molecule has 0 spiro atoms. The second kappa shape index (κ2) is 3.99. The highest BCUT2D eigenvalue weighted by Crippen LogP contribution is 2.15. The van der Waals surface area contributed by atoms with Crippen molar-refractivity contribution >= 4 is 17.9 Å². The molecule has 0 radical (unpaired) electrons. The van der Waals surface area contributed by atoms with Crippen molar-refractivity contribution in [2.75, 3.05) is 6.61 Å². The van der Waals surface area contributed by atoms with Crippen LogP contribution in [0.1, 0.15) is 0 Å². The predicted octanol–water partition coefficient (Wildman–Crippen LogP) is -2.17. The first-order valence-electron chi connectivity index (χ1n) is 2.80. The number of alkyl halides is 1. The Morgan fingerprint density at radius 1 is 1.55 bits per heavy atom. The Bertz CT molecular complexity index is 137. The molecule has 0 aliphatic carbocycles. The van der Waals surface area contributed by atoms with E-state index >= 15 is 0 Å². The molecule has 6 heteroatoms. The highest BCUT2D eigenvalue weighted by Gasteiger charge is 2.37. The Morgan fingerprint density at radius 3 is 2.27 bits per heavy atom. The zero-order valence-electron chi connectivity index (χ0n) is 5.51. The number of carbonyl (C=O) groups is 1. The van der Waals surface area contributed by atoms with Gasteiger partial charge in [0.15, 0.2) is 6.29 Å². The molecule has 0 saturated carbocycles. The van der Waals surface area contributed by atoms with Gasteiger partial charge in [-0.3, -0.25) is 4.79 Å². The molecule has 0 saturated heterocycles. The van der Waals surface area contributed by atoms with Crippen LogP contribution in [0.3, 0.4) is 0 Å². The summed E-state index contributed by atoms with van der Waals surface area (Å²) in [7, 11) is 0. The first-order valence-corrected chi connectivity index (χ1v) is 3.18. The molecular weight excluding hydrogens is 176 g/mol. The maximum absolute atomic E-state index is 9.95. The largest absolute Gasteiger partial charge is 0.394 e. The van der Waals surface area contributed by atoms with Crippen molar-refractivity contribution in [1.82, 2.24) is 0 Å². The number of aliphatic hydroxyl groups excluding tert-OH is 3. The van der Waals surface area contributed by atoms with E-state index in [2.05, 4.69) is 0 Å². The Balaban J connectivity index is 4.21. The molecular formula is C5H9ClO5. The molecule has 0 aromatic carbocycles. The molecule has 11 heavy (non-hydrogen) atoms. The van der Waals surface area contributed by atoms with Crippen LogP contribution >= 0.6 is 11.6 Å². The van der Waals surface area contributed by atoms with Crippen molar-refractivity contribution in [2.45, 2.75) is 17.3 Å². The fourth-order valence-electron chi connectivity index (χ4n) is 0.439. The van der Waals surface area contributed by atoms with Crippen LogP contribution in [0.25, 0.3) is 0 Å². The van der Waals surface area contributed by atoms with Crippen molar-refractivity contribution in [3.8, 4) is 0 Å².